The van der Waals surface area contributed by atoms with Crippen LogP contribution in [0.15, 0.2) is 71.8 Å². The van der Waals surface area contributed by atoms with Crippen LogP contribution in [0.25, 0.3) is 0 Å². The van der Waals surface area contributed by atoms with Crippen molar-refractivity contribution in [1.82, 2.24) is 5.43 Å². The van der Waals surface area contributed by atoms with Gasteiger partial charge in [0.2, 0.25) is 0 Å². The predicted molar refractivity (Wildman–Crippen MR) is 102 cm³/mol. The van der Waals surface area contributed by atoms with Gasteiger partial charge in [0, 0.05) is 0 Å². The number of hydrogen-bond acceptors (Lipinski definition) is 5. The van der Waals surface area contributed by atoms with Crippen molar-refractivity contribution in [2.75, 3.05) is 0 Å². The van der Waals surface area contributed by atoms with Crippen LogP contribution in [0.3, 0.4) is 0 Å². The van der Waals surface area contributed by atoms with Crippen molar-refractivity contribution in [2.24, 2.45) is 5.10 Å². The van der Waals surface area contributed by atoms with Gasteiger partial charge in [0.1, 0.15) is 29.7 Å². The van der Waals surface area contributed by atoms with Crippen LogP contribution in [0.4, 0.5) is 4.39 Å². The summed E-state index contributed by atoms with van der Waals surface area (Å²) in [6.45, 7) is 0.286. The van der Waals surface area contributed by atoms with Crippen LogP contribution < -0.4 is 10.2 Å². The lowest BCUT2D eigenvalue weighted by Crippen LogP contribution is -2.17. The molecule has 0 spiro atoms. The van der Waals surface area contributed by atoms with Crippen molar-refractivity contribution in [3.05, 3.63) is 89.2 Å². The number of carbonyl (C=O) groups is 1. The number of hydrazone groups is 1. The van der Waals surface area contributed by atoms with Crippen molar-refractivity contribution < 1.29 is 24.1 Å². The quantitative estimate of drug-likeness (QED) is 0.346. The van der Waals surface area contributed by atoms with Crippen LogP contribution in [-0.2, 0) is 6.61 Å². The van der Waals surface area contributed by atoms with Crippen molar-refractivity contribution in [3.8, 4) is 17.2 Å². The summed E-state index contributed by atoms with van der Waals surface area (Å²) in [4.78, 5) is 12.0. The van der Waals surface area contributed by atoms with E-state index in [-0.39, 0.29) is 29.5 Å². The largest absolute Gasteiger partial charge is 0.508 e. The number of nitrogens with one attached hydrogen (secondary N) is 1. The van der Waals surface area contributed by atoms with Gasteiger partial charge < -0.3 is 14.9 Å². The molecule has 7 heteroatoms. The topological polar surface area (TPSA) is 91.2 Å². The molecule has 0 saturated heterocycles. The number of halogens is 1. The molecule has 0 aromatic heterocycles. The Labute approximate surface area is 160 Å². The van der Waals surface area contributed by atoms with Gasteiger partial charge in [0.05, 0.1) is 11.8 Å². The molecule has 3 aromatic carbocycles. The fourth-order valence-electron chi connectivity index (χ4n) is 2.36. The van der Waals surface area contributed by atoms with Gasteiger partial charge in [-0.2, -0.15) is 5.10 Å². The number of benzene rings is 3. The number of nitrogens with zero attached hydrogens (tertiary/aromatic N) is 1. The molecule has 3 rings (SSSR count). The molecule has 0 aliphatic heterocycles. The van der Waals surface area contributed by atoms with Crippen molar-refractivity contribution >= 4 is 12.1 Å². The first-order valence-corrected chi connectivity index (χ1v) is 8.34. The second-order valence-corrected chi connectivity index (χ2v) is 5.89. The second-order valence-electron chi connectivity index (χ2n) is 5.89. The molecule has 0 atom stereocenters. The van der Waals surface area contributed by atoms with E-state index in [0.717, 1.165) is 11.6 Å². The average molecular weight is 380 g/mol. The van der Waals surface area contributed by atoms with Crippen LogP contribution >= 0.6 is 0 Å². The van der Waals surface area contributed by atoms with Crippen LogP contribution in [-0.4, -0.2) is 22.3 Å². The summed E-state index contributed by atoms with van der Waals surface area (Å²) in [6.07, 6.45) is 1.42. The SMILES string of the molecule is O=C(N/N=C/c1cccc(OCc2ccc(F)cc2)c1)c1cc(O)ccc1O. The van der Waals surface area contributed by atoms with Crippen LogP contribution in [0, 0.1) is 5.82 Å². The Balaban J connectivity index is 1.59. The van der Waals surface area contributed by atoms with E-state index in [9.17, 15) is 19.4 Å². The molecule has 3 aromatic rings. The highest BCUT2D eigenvalue weighted by Gasteiger charge is 2.11. The van der Waals surface area contributed by atoms with E-state index in [1.807, 2.05) is 0 Å². The third-order valence-corrected chi connectivity index (χ3v) is 3.78. The normalized spacial score (nSPS) is 10.8. The van der Waals surface area contributed by atoms with Crippen molar-refractivity contribution in [1.29, 1.82) is 0 Å². The standard InChI is InChI=1S/C21H17FN2O4/c22-16-6-4-14(5-7-16)13-28-18-3-1-2-15(10-18)12-23-24-21(27)19-11-17(25)8-9-20(19)26/h1-12,25-26H,13H2,(H,24,27)/b23-12+. The van der Waals surface area contributed by atoms with E-state index < -0.39 is 5.91 Å². The molecule has 6 nitrogen and oxygen atoms in total. The summed E-state index contributed by atoms with van der Waals surface area (Å²) in [7, 11) is 0. The van der Waals surface area contributed by atoms with Crippen LogP contribution in [0.1, 0.15) is 21.5 Å². The van der Waals surface area contributed by atoms with E-state index >= 15 is 0 Å². The third-order valence-electron chi connectivity index (χ3n) is 3.78. The van der Waals surface area contributed by atoms with E-state index in [4.69, 9.17) is 4.74 Å². The summed E-state index contributed by atoms with van der Waals surface area (Å²) in [5, 5.41) is 22.9. The van der Waals surface area contributed by atoms with E-state index in [0.29, 0.717) is 11.3 Å². The number of phenols is 2. The molecule has 0 heterocycles. The molecular weight excluding hydrogens is 363 g/mol. The summed E-state index contributed by atoms with van der Waals surface area (Å²) in [5.74, 6) is -0.777. The minimum Gasteiger partial charge on any atom is -0.508 e. The number of carbonyl (C=O) groups excluding carboxylic acids is 1. The molecule has 0 unspecified atom stereocenters. The number of hydrogen-bond donors (Lipinski definition) is 3. The highest BCUT2D eigenvalue weighted by molar-refractivity contribution is 5.97. The molecule has 0 saturated carbocycles. The third kappa shape index (κ3) is 5.07. The second kappa shape index (κ2) is 8.68. The number of phenolic OH excluding ortho intramolecular Hbond substituents is 2. The Kier molecular flexibility index (Phi) is 5.86. The van der Waals surface area contributed by atoms with E-state index in [1.165, 1.54) is 30.5 Å². The monoisotopic (exact) mass is 380 g/mol. The summed E-state index contributed by atoms with van der Waals surface area (Å²) < 4.78 is 18.6. The van der Waals surface area contributed by atoms with Gasteiger partial charge in [-0.25, -0.2) is 9.82 Å². The molecule has 3 N–H and O–H groups in total. The smallest absolute Gasteiger partial charge is 0.275 e. The number of ether oxygens (including phenoxy) is 1. The highest BCUT2D eigenvalue weighted by Crippen LogP contribution is 2.21. The van der Waals surface area contributed by atoms with Gasteiger partial charge in [-0.3, -0.25) is 4.79 Å². The first-order chi connectivity index (χ1) is 13.5. The summed E-state index contributed by atoms with van der Waals surface area (Å²) >= 11 is 0. The first kappa shape index (κ1) is 18.9. The molecule has 0 fully saturated rings. The van der Waals surface area contributed by atoms with Gasteiger partial charge in [-0.05, 0) is 53.6 Å². The molecule has 1 amide bonds. The molecule has 0 aliphatic carbocycles. The molecule has 0 aliphatic rings. The molecular formula is C21H17FN2O4. The molecule has 142 valence electrons. The van der Waals surface area contributed by atoms with Gasteiger partial charge in [-0.15, -0.1) is 0 Å². The van der Waals surface area contributed by atoms with E-state index in [2.05, 4.69) is 10.5 Å². The van der Waals surface area contributed by atoms with Crippen LogP contribution in [0.2, 0.25) is 0 Å². The minimum absolute atomic E-state index is 0.0893. The Morgan fingerprint density at radius 2 is 1.86 bits per heavy atom. The lowest BCUT2D eigenvalue weighted by Gasteiger charge is -2.07. The van der Waals surface area contributed by atoms with Gasteiger partial charge in [0.25, 0.3) is 5.91 Å². The fraction of sp³-hybridized carbons (Fsp3) is 0.0476. The average Bonchev–Trinajstić information content (AvgIpc) is 2.69. The fourth-order valence-corrected chi connectivity index (χ4v) is 2.36. The van der Waals surface area contributed by atoms with Gasteiger partial charge in [0.15, 0.2) is 0 Å². The summed E-state index contributed by atoms with van der Waals surface area (Å²) in [6, 6.07) is 16.7. The number of aromatic hydroxyl groups is 2. The number of rotatable bonds is 6. The zero-order valence-corrected chi connectivity index (χ0v) is 14.7. The lowest BCUT2D eigenvalue weighted by molar-refractivity contribution is 0.0952. The Bertz CT molecular complexity index is 1000. The Morgan fingerprint density at radius 1 is 1.07 bits per heavy atom. The predicted octanol–water partition coefficient (Wildman–Crippen LogP) is 3.58. The molecule has 28 heavy (non-hydrogen) atoms. The van der Waals surface area contributed by atoms with E-state index in [1.54, 1.807) is 36.4 Å². The van der Waals surface area contributed by atoms with Crippen molar-refractivity contribution in [2.45, 2.75) is 6.61 Å². The Hall–Kier alpha value is -3.87. The minimum atomic E-state index is -0.659. The zero-order chi connectivity index (χ0) is 19.9. The highest BCUT2D eigenvalue weighted by atomic mass is 19.1. The van der Waals surface area contributed by atoms with Gasteiger partial charge >= 0.3 is 0 Å². The van der Waals surface area contributed by atoms with Gasteiger partial charge in [-0.1, -0.05) is 24.3 Å². The number of amides is 1. The lowest BCUT2D eigenvalue weighted by atomic mass is 10.2. The van der Waals surface area contributed by atoms with Crippen molar-refractivity contribution in [3.63, 3.8) is 0 Å². The maximum absolute atomic E-state index is 12.9. The summed E-state index contributed by atoms with van der Waals surface area (Å²) in [5.41, 5.74) is 3.70. The van der Waals surface area contributed by atoms with Crippen LogP contribution in [0.5, 0.6) is 17.2 Å². The zero-order valence-electron chi connectivity index (χ0n) is 14.7. The maximum Gasteiger partial charge on any atom is 0.275 e. The maximum atomic E-state index is 12.9. The molecule has 0 radical (unpaired) electrons. The Morgan fingerprint density at radius 3 is 2.64 bits per heavy atom. The molecule has 0 bridgehead atoms. The first-order valence-electron chi connectivity index (χ1n) is 8.34.